The number of benzene rings is 3. The molecule has 1 aliphatic heterocycles. The molecule has 0 N–H and O–H groups in total. The van der Waals surface area contributed by atoms with Crippen LogP contribution >= 0.6 is 11.6 Å². The van der Waals surface area contributed by atoms with Gasteiger partial charge >= 0.3 is 0 Å². The van der Waals surface area contributed by atoms with Gasteiger partial charge in [0.05, 0.1) is 28.3 Å². The fourth-order valence-electron chi connectivity index (χ4n) is 4.31. The number of carbonyl (C=O) groups excluding carboxylic acids is 1. The molecule has 1 aromatic heterocycles. The van der Waals surface area contributed by atoms with E-state index in [2.05, 4.69) is 17.6 Å². The third-order valence-electron chi connectivity index (χ3n) is 5.92. The van der Waals surface area contributed by atoms with E-state index in [1.165, 1.54) is 5.56 Å². The van der Waals surface area contributed by atoms with Crippen LogP contribution in [-0.2, 0) is 11.3 Å². The summed E-state index contributed by atoms with van der Waals surface area (Å²) in [6, 6.07) is 23.6. The quantitative estimate of drug-likeness (QED) is 0.388. The van der Waals surface area contributed by atoms with Gasteiger partial charge in [-0.25, -0.2) is 4.98 Å². The number of rotatable bonds is 6. The van der Waals surface area contributed by atoms with E-state index in [-0.39, 0.29) is 11.8 Å². The summed E-state index contributed by atoms with van der Waals surface area (Å²) in [5.74, 6) is 1.83. The van der Waals surface area contributed by atoms with Crippen molar-refractivity contribution in [2.45, 2.75) is 25.8 Å². The molecule has 0 unspecified atom stereocenters. The molecular weight excluding hydrogens is 422 g/mol. The van der Waals surface area contributed by atoms with Crippen LogP contribution < -0.4 is 9.64 Å². The van der Waals surface area contributed by atoms with Gasteiger partial charge in [0.1, 0.15) is 18.2 Å². The van der Waals surface area contributed by atoms with Crippen molar-refractivity contribution < 1.29 is 9.53 Å². The van der Waals surface area contributed by atoms with Gasteiger partial charge in [0.2, 0.25) is 5.91 Å². The maximum atomic E-state index is 12.9. The van der Waals surface area contributed by atoms with Crippen LogP contribution in [0.1, 0.15) is 23.7 Å². The summed E-state index contributed by atoms with van der Waals surface area (Å²) in [6.07, 6.45) is 0.410. The summed E-state index contributed by atoms with van der Waals surface area (Å²) in [4.78, 5) is 19.6. The Morgan fingerprint density at radius 3 is 2.59 bits per heavy atom. The van der Waals surface area contributed by atoms with E-state index < -0.39 is 0 Å². The second-order valence-corrected chi connectivity index (χ2v) is 8.54. The zero-order valence-corrected chi connectivity index (χ0v) is 18.6. The molecule has 0 spiro atoms. The Morgan fingerprint density at radius 1 is 1.03 bits per heavy atom. The fourth-order valence-corrected chi connectivity index (χ4v) is 4.55. The molecule has 4 aromatic rings. The highest BCUT2D eigenvalue weighted by Crippen LogP contribution is 2.36. The standard InChI is InChI=1S/C26H24ClN3O2/c1-18-10-12-20(13-11-18)32-15-14-29-24-9-5-3-7-22(24)28-26(29)19-16-25(31)30(17-19)23-8-4-2-6-21(23)27/h2-13,19H,14-17H2,1H3/t19-/m0/s1. The number of aromatic nitrogens is 2. The zero-order chi connectivity index (χ0) is 22.1. The van der Waals surface area contributed by atoms with Crippen molar-refractivity contribution in [1.29, 1.82) is 0 Å². The first-order valence-corrected chi connectivity index (χ1v) is 11.2. The van der Waals surface area contributed by atoms with Crippen LogP contribution in [0.2, 0.25) is 5.02 Å². The van der Waals surface area contributed by atoms with E-state index in [4.69, 9.17) is 21.3 Å². The fraction of sp³-hybridized carbons (Fsp3) is 0.231. The molecule has 6 heteroatoms. The monoisotopic (exact) mass is 445 g/mol. The predicted octanol–water partition coefficient (Wildman–Crippen LogP) is 5.60. The number of aryl methyl sites for hydroxylation is 1. The first-order valence-electron chi connectivity index (χ1n) is 10.8. The summed E-state index contributed by atoms with van der Waals surface area (Å²) in [7, 11) is 0. The number of halogens is 1. The summed E-state index contributed by atoms with van der Waals surface area (Å²) < 4.78 is 8.18. The van der Waals surface area contributed by atoms with Gasteiger partial charge < -0.3 is 14.2 Å². The third-order valence-corrected chi connectivity index (χ3v) is 6.24. The van der Waals surface area contributed by atoms with Gasteiger partial charge in [-0.1, -0.05) is 53.6 Å². The average molecular weight is 446 g/mol. The molecule has 0 aliphatic carbocycles. The van der Waals surface area contributed by atoms with E-state index >= 15 is 0 Å². The van der Waals surface area contributed by atoms with Crippen LogP contribution in [0.3, 0.4) is 0 Å². The van der Waals surface area contributed by atoms with E-state index in [9.17, 15) is 4.79 Å². The van der Waals surface area contributed by atoms with Crippen LogP contribution in [0.5, 0.6) is 5.75 Å². The topological polar surface area (TPSA) is 47.4 Å². The van der Waals surface area contributed by atoms with Crippen molar-refractivity contribution >= 4 is 34.2 Å². The summed E-state index contributed by atoms with van der Waals surface area (Å²) >= 11 is 6.36. The van der Waals surface area contributed by atoms with Crippen molar-refractivity contribution in [2.75, 3.05) is 18.1 Å². The van der Waals surface area contributed by atoms with Gasteiger partial charge in [0, 0.05) is 18.9 Å². The molecule has 1 saturated heterocycles. The number of ether oxygens (including phenoxy) is 1. The highest BCUT2D eigenvalue weighted by Gasteiger charge is 2.35. The Hall–Kier alpha value is -3.31. The molecule has 0 saturated carbocycles. The Morgan fingerprint density at radius 2 is 1.78 bits per heavy atom. The summed E-state index contributed by atoms with van der Waals surface area (Å²) in [5, 5.41) is 0.585. The van der Waals surface area contributed by atoms with Crippen LogP contribution in [0.25, 0.3) is 11.0 Å². The van der Waals surface area contributed by atoms with E-state index in [1.807, 2.05) is 66.7 Å². The molecule has 1 aliphatic rings. The number of fused-ring (bicyclic) bond motifs is 1. The number of hydrogen-bond donors (Lipinski definition) is 0. The number of imidazole rings is 1. The molecule has 1 atom stereocenters. The normalized spacial score (nSPS) is 16.1. The average Bonchev–Trinajstić information content (AvgIpc) is 3.36. The number of anilines is 1. The van der Waals surface area contributed by atoms with E-state index in [1.54, 1.807) is 4.90 Å². The molecule has 5 nitrogen and oxygen atoms in total. The minimum Gasteiger partial charge on any atom is -0.492 e. The number of hydrogen-bond acceptors (Lipinski definition) is 3. The maximum absolute atomic E-state index is 12.9. The molecule has 3 aromatic carbocycles. The second-order valence-electron chi connectivity index (χ2n) is 8.13. The minimum absolute atomic E-state index is 0.00875. The molecule has 1 amide bonds. The van der Waals surface area contributed by atoms with Crippen LogP contribution in [0.4, 0.5) is 5.69 Å². The van der Waals surface area contributed by atoms with Gasteiger partial charge in [-0.3, -0.25) is 4.79 Å². The van der Waals surface area contributed by atoms with Gasteiger partial charge in [-0.2, -0.15) is 0 Å². The van der Waals surface area contributed by atoms with Gasteiger partial charge in [-0.05, 0) is 43.3 Å². The lowest BCUT2D eigenvalue weighted by atomic mass is 10.1. The Balaban J connectivity index is 1.41. The minimum atomic E-state index is -0.00875. The third kappa shape index (κ3) is 3.96. The smallest absolute Gasteiger partial charge is 0.227 e. The first kappa shape index (κ1) is 20.6. The molecule has 1 fully saturated rings. The van der Waals surface area contributed by atoms with Gasteiger partial charge in [0.25, 0.3) is 0 Å². The highest BCUT2D eigenvalue weighted by atomic mass is 35.5. The predicted molar refractivity (Wildman–Crippen MR) is 128 cm³/mol. The van der Waals surface area contributed by atoms with Gasteiger partial charge in [0.15, 0.2) is 0 Å². The summed E-state index contributed by atoms with van der Waals surface area (Å²) in [6.45, 7) is 3.79. The Labute approximate surface area is 192 Å². The lowest BCUT2D eigenvalue weighted by molar-refractivity contribution is -0.117. The SMILES string of the molecule is Cc1ccc(OCCn2c([C@H]3CC(=O)N(c4ccccc4Cl)C3)nc3ccccc32)cc1. The molecule has 5 rings (SSSR count). The molecule has 162 valence electrons. The van der Waals surface area contributed by atoms with Crippen molar-refractivity contribution in [3.05, 3.63) is 89.2 Å². The van der Waals surface area contributed by atoms with E-state index in [0.717, 1.165) is 28.3 Å². The zero-order valence-electron chi connectivity index (χ0n) is 17.9. The van der Waals surface area contributed by atoms with Crippen molar-refractivity contribution in [3.63, 3.8) is 0 Å². The lowest BCUT2D eigenvalue weighted by Crippen LogP contribution is -2.25. The number of amides is 1. The molecule has 32 heavy (non-hydrogen) atoms. The lowest BCUT2D eigenvalue weighted by Gasteiger charge is -2.18. The van der Waals surface area contributed by atoms with E-state index in [0.29, 0.717) is 31.1 Å². The van der Waals surface area contributed by atoms with Crippen molar-refractivity contribution in [1.82, 2.24) is 9.55 Å². The Bertz CT molecular complexity index is 1270. The molecule has 0 bridgehead atoms. The number of para-hydroxylation sites is 3. The first-order chi connectivity index (χ1) is 15.6. The van der Waals surface area contributed by atoms with Crippen LogP contribution in [-0.4, -0.2) is 28.6 Å². The van der Waals surface area contributed by atoms with Crippen LogP contribution in [0.15, 0.2) is 72.8 Å². The van der Waals surface area contributed by atoms with Crippen molar-refractivity contribution in [2.24, 2.45) is 0 Å². The number of carbonyl (C=O) groups is 1. The maximum Gasteiger partial charge on any atom is 0.227 e. The molecule has 0 radical (unpaired) electrons. The molecule has 2 heterocycles. The van der Waals surface area contributed by atoms with Crippen LogP contribution in [0, 0.1) is 6.92 Å². The largest absolute Gasteiger partial charge is 0.492 e. The highest BCUT2D eigenvalue weighted by molar-refractivity contribution is 6.33. The Kier molecular flexibility index (Phi) is 5.58. The number of nitrogens with zero attached hydrogens (tertiary/aromatic N) is 3. The molecular formula is C26H24ClN3O2. The second kappa shape index (κ2) is 8.67. The van der Waals surface area contributed by atoms with Crippen molar-refractivity contribution in [3.8, 4) is 5.75 Å². The summed E-state index contributed by atoms with van der Waals surface area (Å²) in [5.41, 5.74) is 3.95. The van der Waals surface area contributed by atoms with Gasteiger partial charge in [-0.15, -0.1) is 0 Å².